The molecule has 0 fully saturated rings. The predicted octanol–water partition coefficient (Wildman–Crippen LogP) is 4.31. The number of hydrogen-bond donors (Lipinski definition) is 1. The molecule has 0 unspecified atom stereocenters. The Bertz CT molecular complexity index is 725. The van der Waals surface area contributed by atoms with E-state index in [2.05, 4.69) is 0 Å². The molecule has 2 aromatic rings. The van der Waals surface area contributed by atoms with E-state index in [0.29, 0.717) is 22.1 Å². The van der Waals surface area contributed by atoms with Gasteiger partial charge in [0.1, 0.15) is 17.6 Å². The summed E-state index contributed by atoms with van der Waals surface area (Å²) in [5.41, 5.74) is 0.437. The lowest BCUT2D eigenvalue weighted by Gasteiger charge is -2.10. The van der Waals surface area contributed by atoms with Gasteiger partial charge in [-0.25, -0.2) is 4.79 Å². The number of ether oxygens (including phenoxy) is 1. The number of benzene rings is 2. The van der Waals surface area contributed by atoms with Gasteiger partial charge in [-0.05, 0) is 52.9 Å². The van der Waals surface area contributed by atoms with Gasteiger partial charge in [-0.1, -0.05) is 11.6 Å². The molecule has 0 saturated carbocycles. The van der Waals surface area contributed by atoms with E-state index in [1.54, 1.807) is 18.2 Å². The van der Waals surface area contributed by atoms with Crippen molar-refractivity contribution >= 4 is 40.2 Å². The van der Waals surface area contributed by atoms with Crippen molar-refractivity contribution in [3.8, 4) is 17.6 Å². The summed E-state index contributed by atoms with van der Waals surface area (Å²) in [4.78, 5) is 11.0. The van der Waals surface area contributed by atoms with Crippen molar-refractivity contribution in [3.05, 3.63) is 56.1 Å². The summed E-state index contributed by atoms with van der Waals surface area (Å²) < 4.78 is 6.36. The third kappa shape index (κ3) is 3.21. The van der Waals surface area contributed by atoms with Crippen LogP contribution in [0.5, 0.6) is 11.5 Å². The van der Waals surface area contributed by atoms with Crippen LogP contribution in [0.15, 0.2) is 36.4 Å². The highest BCUT2D eigenvalue weighted by Gasteiger charge is 2.11. The molecule has 0 radical (unpaired) electrons. The lowest BCUT2D eigenvalue weighted by Crippen LogP contribution is -1.98. The monoisotopic (exact) mass is 399 g/mol. The van der Waals surface area contributed by atoms with E-state index in [0.717, 1.165) is 3.57 Å². The first-order chi connectivity index (χ1) is 9.51. The molecule has 4 nitrogen and oxygen atoms in total. The first-order valence-corrected chi connectivity index (χ1v) is 6.87. The molecule has 100 valence electrons. The van der Waals surface area contributed by atoms with Crippen molar-refractivity contribution < 1.29 is 14.6 Å². The van der Waals surface area contributed by atoms with Crippen LogP contribution in [0.25, 0.3) is 0 Å². The minimum atomic E-state index is -1.04. The van der Waals surface area contributed by atoms with Crippen molar-refractivity contribution in [1.82, 2.24) is 0 Å². The highest BCUT2D eigenvalue weighted by molar-refractivity contribution is 14.1. The van der Waals surface area contributed by atoms with Crippen molar-refractivity contribution in [1.29, 1.82) is 5.26 Å². The van der Waals surface area contributed by atoms with Crippen LogP contribution in [-0.4, -0.2) is 11.1 Å². The number of aromatic carboxylic acids is 1. The van der Waals surface area contributed by atoms with Gasteiger partial charge in [0.25, 0.3) is 0 Å². The molecule has 0 saturated heterocycles. The van der Waals surface area contributed by atoms with Crippen LogP contribution >= 0.6 is 34.2 Å². The van der Waals surface area contributed by atoms with Crippen LogP contribution in [0.2, 0.25) is 5.02 Å². The number of carbonyl (C=O) groups is 1. The van der Waals surface area contributed by atoms with Crippen molar-refractivity contribution in [3.63, 3.8) is 0 Å². The van der Waals surface area contributed by atoms with E-state index >= 15 is 0 Å². The normalized spacial score (nSPS) is 9.85. The maximum absolute atomic E-state index is 11.0. The first-order valence-electron chi connectivity index (χ1n) is 5.41. The number of carboxylic acid groups (broad SMARTS) is 1. The van der Waals surface area contributed by atoms with Gasteiger partial charge in [-0.3, -0.25) is 0 Å². The van der Waals surface area contributed by atoms with Crippen molar-refractivity contribution in [2.45, 2.75) is 0 Å². The molecule has 2 rings (SSSR count). The summed E-state index contributed by atoms with van der Waals surface area (Å²) in [6, 6.07) is 11.2. The zero-order valence-corrected chi connectivity index (χ0v) is 12.8. The summed E-state index contributed by atoms with van der Waals surface area (Å²) in [6.07, 6.45) is 0. The zero-order valence-electron chi connectivity index (χ0n) is 9.93. The molecule has 0 atom stereocenters. The number of nitriles is 1. The molecular weight excluding hydrogens is 393 g/mol. The molecule has 0 heterocycles. The molecule has 1 N–H and O–H groups in total. The molecule has 6 heteroatoms. The predicted molar refractivity (Wildman–Crippen MR) is 82.4 cm³/mol. The van der Waals surface area contributed by atoms with Crippen LogP contribution in [0.1, 0.15) is 15.9 Å². The summed E-state index contributed by atoms with van der Waals surface area (Å²) in [5.74, 6) is -0.387. The van der Waals surface area contributed by atoms with E-state index in [1.807, 2.05) is 28.7 Å². The van der Waals surface area contributed by atoms with Gasteiger partial charge < -0.3 is 9.84 Å². The van der Waals surface area contributed by atoms with E-state index in [9.17, 15) is 4.79 Å². The number of nitrogens with zero attached hydrogens (tertiary/aromatic N) is 1. The molecule has 2 aromatic carbocycles. The lowest BCUT2D eigenvalue weighted by molar-refractivity contribution is 0.0696. The number of hydrogen-bond acceptors (Lipinski definition) is 3. The summed E-state index contributed by atoms with van der Waals surface area (Å²) in [5, 5.41) is 18.4. The van der Waals surface area contributed by atoms with Crippen LogP contribution < -0.4 is 4.74 Å². The molecule has 0 amide bonds. The Morgan fingerprint density at radius 2 is 2.00 bits per heavy atom. The minimum absolute atomic E-state index is 0.112. The Kier molecular flexibility index (Phi) is 4.47. The average molecular weight is 400 g/mol. The molecule has 0 bridgehead atoms. The third-order valence-electron chi connectivity index (χ3n) is 2.46. The highest BCUT2D eigenvalue weighted by Crippen LogP contribution is 2.31. The fourth-order valence-corrected chi connectivity index (χ4v) is 2.11. The van der Waals surface area contributed by atoms with Gasteiger partial charge in [0, 0.05) is 11.1 Å². The molecular formula is C14H7ClINO3. The summed E-state index contributed by atoms with van der Waals surface area (Å²) in [7, 11) is 0. The summed E-state index contributed by atoms with van der Waals surface area (Å²) >= 11 is 7.90. The topological polar surface area (TPSA) is 70.3 Å². The minimum Gasteiger partial charge on any atom is -0.478 e. The Labute approximate surface area is 133 Å². The lowest BCUT2D eigenvalue weighted by atomic mass is 10.2. The molecule has 0 spiro atoms. The maximum Gasteiger partial charge on any atom is 0.335 e. The number of halogens is 2. The van der Waals surface area contributed by atoms with Crippen LogP contribution in [0.3, 0.4) is 0 Å². The molecule has 0 aliphatic heterocycles. The van der Waals surface area contributed by atoms with Crippen molar-refractivity contribution in [2.24, 2.45) is 0 Å². The van der Waals surface area contributed by atoms with Gasteiger partial charge in [-0.15, -0.1) is 0 Å². The Hall–Kier alpha value is -1.78. The van der Waals surface area contributed by atoms with E-state index < -0.39 is 5.97 Å². The van der Waals surface area contributed by atoms with Crippen LogP contribution in [0.4, 0.5) is 0 Å². The van der Waals surface area contributed by atoms with Crippen LogP contribution in [-0.2, 0) is 0 Å². The zero-order chi connectivity index (χ0) is 14.7. The standard InChI is InChI=1S/C14H7ClINO3/c15-10-3-1-9(7-17)12(6-10)20-13-5-8(14(18)19)2-4-11(13)16/h1-6H,(H,18,19). The second kappa shape index (κ2) is 6.11. The average Bonchev–Trinajstić information content (AvgIpc) is 2.41. The largest absolute Gasteiger partial charge is 0.478 e. The second-order valence-corrected chi connectivity index (χ2v) is 5.40. The van der Waals surface area contributed by atoms with E-state index in [-0.39, 0.29) is 5.56 Å². The maximum atomic E-state index is 11.0. The highest BCUT2D eigenvalue weighted by atomic mass is 127. The van der Waals surface area contributed by atoms with Gasteiger partial charge in [0.2, 0.25) is 0 Å². The van der Waals surface area contributed by atoms with E-state index in [4.69, 9.17) is 26.7 Å². The van der Waals surface area contributed by atoms with Gasteiger partial charge >= 0.3 is 5.97 Å². The Morgan fingerprint density at radius 3 is 2.65 bits per heavy atom. The molecule has 0 aromatic heterocycles. The number of rotatable bonds is 3. The van der Waals surface area contributed by atoms with Gasteiger partial charge in [0.15, 0.2) is 0 Å². The molecule has 0 aliphatic carbocycles. The smallest absolute Gasteiger partial charge is 0.335 e. The fourth-order valence-electron chi connectivity index (χ4n) is 1.51. The van der Waals surface area contributed by atoms with Gasteiger partial charge in [0.05, 0.1) is 14.7 Å². The Morgan fingerprint density at radius 1 is 1.25 bits per heavy atom. The quantitative estimate of drug-likeness (QED) is 0.781. The van der Waals surface area contributed by atoms with Crippen molar-refractivity contribution in [2.75, 3.05) is 0 Å². The molecule has 20 heavy (non-hydrogen) atoms. The molecule has 0 aliphatic rings. The first kappa shape index (κ1) is 14.6. The van der Waals surface area contributed by atoms with Gasteiger partial charge in [-0.2, -0.15) is 5.26 Å². The number of carboxylic acids is 1. The third-order valence-corrected chi connectivity index (χ3v) is 3.59. The SMILES string of the molecule is N#Cc1ccc(Cl)cc1Oc1cc(C(=O)O)ccc1I. The second-order valence-electron chi connectivity index (χ2n) is 3.80. The van der Waals surface area contributed by atoms with E-state index in [1.165, 1.54) is 18.2 Å². The van der Waals surface area contributed by atoms with Crippen LogP contribution in [0, 0.1) is 14.9 Å². The Balaban J connectivity index is 2.44. The summed E-state index contributed by atoms with van der Waals surface area (Å²) in [6.45, 7) is 0. The fraction of sp³-hybridized carbons (Fsp3) is 0.